The predicted octanol–water partition coefficient (Wildman–Crippen LogP) is 2.77. The van der Waals surface area contributed by atoms with Crippen molar-refractivity contribution in [1.29, 1.82) is 0 Å². The van der Waals surface area contributed by atoms with Gasteiger partial charge in [-0.15, -0.1) is 0 Å². The number of methoxy groups -OCH3 is 1. The summed E-state index contributed by atoms with van der Waals surface area (Å²) in [6.45, 7) is 5.82. The van der Waals surface area contributed by atoms with Crippen LogP contribution in [0.15, 0.2) is 29.1 Å². The first-order valence-electron chi connectivity index (χ1n) is 6.65. The van der Waals surface area contributed by atoms with Crippen molar-refractivity contribution in [3.05, 3.63) is 40.4 Å². The first-order valence-corrected chi connectivity index (χ1v) is 7.44. The molecule has 2 aromatic rings. The lowest BCUT2D eigenvalue weighted by Gasteiger charge is -2.22. The molecule has 0 aromatic carbocycles. The van der Waals surface area contributed by atoms with Gasteiger partial charge in [-0.1, -0.05) is 6.92 Å². The van der Waals surface area contributed by atoms with E-state index in [0.29, 0.717) is 0 Å². The number of aryl methyl sites for hydroxylation is 1. The lowest BCUT2D eigenvalue weighted by atomic mass is 10.0. The zero-order chi connectivity index (χ0) is 14.5. The summed E-state index contributed by atoms with van der Waals surface area (Å²) in [6, 6.07) is 1.99. The van der Waals surface area contributed by atoms with E-state index in [9.17, 15) is 0 Å². The van der Waals surface area contributed by atoms with Crippen LogP contribution < -0.4 is 10.1 Å². The molecule has 0 aliphatic carbocycles. The van der Waals surface area contributed by atoms with Crippen LogP contribution in [-0.2, 0) is 6.54 Å². The number of hydrogen-bond acceptors (Lipinski definition) is 4. The predicted molar refractivity (Wildman–Crippen MR) is 81.9 cm³/mol. The summed E-state index contributed by atoms with van der Waals surface area (Å²) in [7, 11) is 1.66. The maximum atomic E-state index is 5.44. The van der Waals surface area contributed by atoms with E-state index in [1.54, 1.807) is 19.5 Å². The molecule has 0 bridgehead atoms. The average Bonchev–Trinajstić information content (AvgIpc) is 2.85. The molecule has 0 aliphatic heterocycles. The Labute approximate surface area is 127 Å². The molecule has 6 heteroatoms. The fourth-order valence-electron chi connectivity index (χ4n) is 2.27. The molecule has 0 aliphatic rings. The Balaban J connectivity index is 2.53. The third kappa shape index (κ3) is 2.86. The fraction of sp³-hybridized carbons (Fsp3) is 0.429. The molecule has 1 atom stereocenters. The van der Waals surface area contributed by atoms with Crippen LogP contribution in [-0.4, -0.2) is 28.4 Å². The Morgan fingerprint density at radius 3 is 2.85 bits per heavy atom. The number of rotatable bonds is 6. The van der Waals surface area contributed by atoms with Crippen molar-refractivity contribution in [1.82, 2.24) is 20.1 Å². The lowest BCUT2D eigenvalue weighted by molar-refractivity contribution is 0.400. The molecular formula is C14H19BrN4O. The van der Waals surface area contributed by atoms with Crippen molar-refractivity contribution in [2.75, 3.05) is 13.7 Å². The smallest absolute Gasteiger partial charge is 0.142 e. The molecule has 20 heavy (non-hydrogen) atoms. The number of aromatic nitrogens is 3. The summed E-state index contributed by atoms with van der Waals surface area (Å²) in [6.07, 6.45) is 5.35. The summed E-state index contributed by atoms with van der Waals surface area (Å²) in [4.78, 5) is 4.12. The van der Waals surface area contributed by atoms with E-state index in [2.05, 4.69) is 45.2 Å². The third-order valence-corrected chi connectivity index (χ3v) is 3.77. The van der Waals surface area contributed by atoms with Gasteiger partial charge in [0, 0.05) is 18.3 Å². The second-order valence-electron chi connectivity index (χ2n) is 4.30. The van der Waals surface area contributed by atoms with E-state index in [4.69, 9.17) is 4.74 Å². The number of halogens is 1. The van der Waals surface area contributed by atoms with E-state index in [1.807, 2.05) is 16.9 Å². The minimum atomic E-state index is 0.00905. The van der Waals surface area contributed by atoms with Crippen LogP contribution in [0.4, 0.5) is 0 Å². The summed E-state index contributed by atoms with van der Waals surface area (Å²) in [5.74, 6) is 0.772. The van der Waals surface area contributed by atoms with Gasteiger partial charge in [-0.3, -0.25) is 9.67 Å². The zero-order valence-corrected chi connectivity index (χ0v) is 13.5. The van der Waals surface area contributed by atoms with Crippen molar-refractivity contribution in [3.8, 4) is 5.75 Å². The van der Waals surface area contributed by atoms with E-state index >= 15 is 0 Å². The molecule has 0 amide bonds. The van der Waals surface area contributed by atoms with Gasteiger partial charge in [0.15, 0.2) is 0 Å². The summed E-state index contributed by atoms with van der Waals surface area (Å²) in [5.41, 5.74) is 2.15. The molecular weight excluding hydrogens is 320 g/mol. The molecule has 5 nitrogen and oxygen atoms in total. The molecule has 108 valence electrons. The topological polar surface area (TPSA) is 52.0 Å². The van der Waals surface area contributed by atoms with E-state index in [1.165, 1.54) is 0 Å². The second-order valence-corrected chi connectivity index (χ2v) is 5.16. The quantitative estimate of drug-likeness (QED) is 0.879. The van der Waals surface area contributed by atoms with Gasteiger partial charge in [0.05, 0.1) is 35.7 Å². The van der Waals surface area contributed by atoms with Crippen molar-refractivity contribution in [2.45, 2.75) is 26.4 Å². The minimum absolute atomic E-state index is 0.00905. The van der Waals surface area contributed by atoms with Crippen molar-refractivity contribution < 1.29 is 4.74 Å². The van der Waals surface area contributed by atoms with Gasteiger partial charge in [-0.25, -0.2) is 0 Å². The second kappa shape index (κ2) is 6.85. The van der Waals surface area contributed by atoms with Gasteiger partial charge < -0.3 is 10.1 Å². The van der Waals surface area contributed by atoms with Gasteiger partial charge >= 0.3 is 0 Å². The molecule has 2 aromatic heterocycles. The number of hydrogen-bond donors (Lipinski definition) is 1. The van der Waals surface area contributed by atoms with Gasteiger partial charge in [-0.05, 0) is 35.5 Å². The molecule has 0 saturated heterocycles. The number of nitrogens with zero attached hydrogens (tertiary/aromatic N) is 3. The van der Waals surface area contributed by atoms with Crippen LogP contribution in [0.3, 0.4) is 0 Å². The van der Waals surface area contributed by atoms with Crippen molar-refractivity contribution in [3.63, 3.8) is 0 Å². The highest BCUT2D eigenvalue weighted by atomic mass is 79.9. The van der Waals surface area contributed by atoms with E-state index < -0.39 is 0 Å². The largest absolute Gasteiger partial charge is 0.495 e. The highest BCUT2D eigenvalue weighted by Gasteiger charge is 2.23. The Morgan fingerprint density at radius 2 is 2.20 bits per heavy atom. The van der Waals surface area contributed by atoms with Gasteiger partial charge in [-0.2, -0.15) is 5.10 Å². The maximum absolute atomic E-state index is 5.44. The summed E-state index contributed by atoms with van der Waals surface area (Å²) in [5, 5.41) is 7.88. The maximum Gasteiger partial charge on any atom is 0.142 e. The third-order valence-electron chi connectivity index (χ3n) is 3.16. The Kier molecular flexibility index (Phi) is 5.14. The summed E-state index contributed by atoms with van der Waals surface area (Å²) >= 11 is 3.59. The number of pyridine rings is 1. The highest BCUT2D eigenvalue weighted by molar-refractivity contribution is 9.10. The molecule has 0 spiro atoms. The first-order chi connectivity index (χ1) is 9.72. The number of ether oxygens (including phenoxy) is 1. The molecule has 0 fully saturated rings. The van der Waals surface area contributed by atoms with Gasteiger partial charge in [0.1, 0.15) is 5.75 Å². The number of nitrogens with one attached hydrogen (secondary N) is 1. The van der Waals surface area contributed by atoms with Crippen LogP contribution in [0.2, 0.25) is 0 Å². The molecule has 0 radical (unpaired) electrons. The van der Waals surface area contributed by atoms with Crippen molar-refractivity contribution in [2.24, 2.45) is 0 Å². The first kappa shape index (κ1) is 15.0. The molecule has 2 rings (SSSR count). The Bertz CT molecular complexity index is 570. The molecule has 1 unspecified atom stereocenters. The van der Waals surface area contributed by atoms with Gasteiger partial charge in [0.2, 0.25) is 0 Å². The van der Waals surface area contributed by atoms with Crippen LogP contribution in [0.1, 0.15) is 31.1 Å². The van der Waals surface area contributed by atoms with E-state index in [-0.39, 0.29) is 6.04 Å². The average molecular weight is 339 g/mol. The van der Waals surface area contributed by atoms with Gasteiger partial charge in [0.25, 0.3) is 0 Å². The standard InChI is InChI=1S/C14H19BrN4O/c1-4-17-13(10-6-7-16-9-12(10)20-3)14-11(15)8-18-19(14)5-2/h6-9,13,17H,4-5H2,1-3H3. The van der Waals surface area contributed by atoms with Crippen LogP contribution in [0, 0.1) is 0 Å². The lowest BCUT2D eigenvalue weighted by Crippen LogP contribution is -2.25. The normalized spacial score (nSPS) is 12.4. The fourth-order valence-corrected chi connectivity index (χ4v) is 2.79. The highest BCUT2D eigenvalue weighted by Crippen LogP contribution is 2.33. The van der Waals surface area contributed by atoms with Crippen molar-refractivity contribution >= 4 is 15.9 Å². The molecule has 2 heterocycles. The SMILES string of the molecule is CCNC(c1ccncc1OC)c1c(Br)cnn1CC. The molecule has 0 saturated carbocycles. The van der Waals surface area contributed by atoms with E-state index in [0.717, 1.165) is 34.6 Å². The molecule has 1 N–H and O–H groups in total. The Hall–Kier alpha value is -1.40. The monoisotopic (exact) mass is 338 g/mol. The van der Waals surface area contributed by atoms with Crippen LogP contribution in [0.5, 0.6) is 5.75 Å². The van der Waals surface area contributed by atoms with Crippen LogP contribution in [0.25, 0.3) is 0 Å². The van der Waals surface area contributed by atoms with Crippen LogP contribution >= 0.6 is 15.9 Å². The Morgan fingerprint density at radius 1 is 1.40 bits per heavy atom. The summed E-state index contributed by atoms with van der Waals surface area (Å²) < 4.78 is 8.41. The minimum Gasteiger partial charge on any atom is -0.495 e. The zero-order valence-electron chi connectivity index (χ0n) is 11.9.